The maximum Gasteiger partial charge on any atom is 0.257 e. The van der Waals surface area contributed by atoms with Crippen molar-refractivity contribution >= 4 is 17.2 Å². The average molecular weight is 415 g/mol. The SMILES string of the molecule is COc1cc2c(cc1OC)C(c1cccs1)N(C(=O)c1ccc(F)cc1F)CC2. The molecule has 0 N–H and O–H groups in total. The van der Waals surface area contributed by atoms with Crippen LogP contribution in [0.4, 0.5) is 8.78 Å². The molecule has 0 aliphatic carbocycles. The van der Waals surface area contributed by atoms with Gasteiger partial charge in [0.25, 0.3) is 5.91 Å². The number of rotatable bonds is 4. The van der Waals surface area contributed by atoms with Crippen LogP contribution in [0.2, 0.25) is 0 Å². The van der Waals surface area contributed by atoms with Gasteiger partial charge in [-0.15, -0.1) is 11.3 Å². The van der Waals surface area contributed by atoms with Crippen molar-refractivity contribution in [2.45, 2.75) is 12.5 Å². The maximum absolute atomic E-state index is 14.3. The maximum atomic E-state index is 14.3. The highest BCUT2D eigenvalue weighted by Crippen LogP contribution is 2.42. The molecule has 2 heterocycles. The standard InChI is InChI=1S/C22H19F2NO3S/c1-27-18-10-13-7-8-25(22(26)15-6-5-14(23)11-17(15)24)21(20-4-3-9-29-20)16(13)12-19(18)28-2/h3-6,9-12,21H,7-8H2,1-2H3. The molecule has 0 saturated carbocycles. The lowest BCUT2D eigenvalue weighted by atomic mass is 9.90. The van der Waals surface area contributed by atoms with Crippen LogP contribution in [0.3, 0.4) is 0 Å². The number of benzene rings is 2. The van der Waals surface area contributed by atoms with Crippen molar-refractivity contribution in [3.8, 4) is 11.5 Å². The molecule has 1 unspecified atom stereocenters. The minimum absolute atomic E-state index is 0.142. The lowest BCUT2D eigenvalue weighted by Gasteiger charge is -2.37. The van der Waals surface area contributed by atoms with Crippen molar-refractivity contribution in [2.24, 2.45) is 0 Å². The van der Waals surface area contributed by atoms with E-state index in [1.165, 1.54) is 17.4 Å². The predicted octanol–water partition coefficient (Wildman–Crippen LogP) is 4.83. The minimum atomic E-state index is -0.863. The molecule has 1 atom stereocenters. The van der Waals surface area contributed by atoms with E-state index in [4.69, 9.17) is 9.47 Å². The number of thiophene rings is 1. The summed E-state index contributed by atoms with van der Waals surface area (Å²) in [5.74, 6) is -0.857. The van der Waals surface area contributed by atoms with Gasteiger partial charge >= 0.3 is 0 Å². The Kier molecular flexibility index (Phi) is 5.24. The third-order valence-electron chi connectivity index (χ3n) is 5.11. The van der Waals surface area contributed by atoms with Gasteiger partial charge in [0.1, 0.15) is 11.6 Å². The summed E-state index contributed by atoms with van der Waals surface area (Å²) in [7, 11) is 3.14. The molecule has 1 amide bonds. The third-order valence-corrected chi connectivity index (χ3v) is 6.03. The van der Waals surface area contributed by atoms with Crippen molar-refractivity contribution in [3.63, 3.8) is 0 Å². The second-order valence-corrected chi connectivity index (χ2v) is 7.68. The molecule has 0 saturated heterocycles. The Bertz CT molecular complexity index is 1050. The molecule has 0 radical (unpaired) electrons. The molecule has 0 fully saturated rings. The zero-order chi connectivity index (χ0) is 20.5. The van der Waals surface area contributed by atoms with Crippen molar-refractivity contribution in [3.05, 3.63) is 81.0 Å². The second kappa shape index (κ2) is 7.83. The van der Waals surface area contributed by atoms with Crippen molar-refractivity contribution in [1.29, 1.82) is 0 Å². The summed E-state index contributed by atoms with van der Waals surface area (Å²) in [6.07, 6.45) is 0.589. The number of hydrogen-bond donors (Lipinski definition) is 0. The highest BCUT2D eigenvalue weighted by atomic mass is 32.1. The molecule has 150 valence electrons. The fraction of sp³-hybridized carbons (Fsp3) is 0.227. The molecule has 0 bridgehead atoms. The molecule has 1 aromatic heterocycles. The third kappa shape index (κ3) is 3.46. The smallest absolute Gasteiger partial charge is 0.257 e. The Morgan fingerprint density at radius 3 is 2.52 bits per heavy atom. The van der Waals surface area contributed by atoms with Crippen LogP contribution in [0.1, 0.15) is 32.4 Å². The Hall–Kier alpha value is -2.93. The van der Waals surface area contributed by atoms with E-state index in [0.717, 1.165) is 28.1 Å². The molecule has 4 rings (SSSR count). The quantitative estimate of drug-likeness (QED) is 0.613. The second-order valence-electron chi connectivity index (χ2n) is 6.70. The van der Waals surface area contributed by atoms with Crippen molar-refractivity contribution in [1.82, 2.24) is 4.90 Å². The molecule has 1 aliphatic heterocycles. The van der Waals surface area contributed by atoms with Crippen LogP contribution < -0.4 is 9.47 Å². The van der Waals surface area contributed by atoms with Gasteiger partial charge in [-0.1, -0.05) is 6.07 Å². The number of carbonyl (C=O) groups excluding carboxylic acids is 1. The van der Waals surface area contributed by atoms with Crippen LogP contribution in [0.5, 0.6) is 11.5 Å². The number of nitrogens with zero attached hydrogens (tertiary/aromatic N) is 1. The van der Waals surface area contributed by atoms with Crippen molar-refractivity contribution < 1.29 is 23.0 Å². The molecule has 1 aliphatic rings. The van der Waals surface area contributed by atoms with Gasteiger partial charge in [-0.05, 0) is 53.3 Å². The number of amides is 1. The van der Waals surface area contributed by atoms with Crippen LogP contribution in [-0.2, 0) is 6.42 Å². The van der Waals surface area contributed by atoms with Crippen LogP contribution in [0.15, 0.2) is 47.8 Å². The van der Waals surface area contributed by atoms with Crippen LogP contribution in [-0.4, -0.2) is 31.6 Å². The van der Waals surface area contributed by atoms with Crippen molar-refractivity contribution in [2.75, 3.05) is 20.8 Å². The van der Waals surface area contributed by atoms with Gasteiger partial charge in [-0.2, -0.15) is 0 Å². The van der Waals surface area contributed by atoms with E-state index < -0.39 is 23.6 Å². The first-order valence-electron chi connectivity index (χ1n) is 9.07. The summed E-state index contributed by atoms with van der Waals surface area (Å²) in [6.45, 7) is 0.403. The lowest BCUT2D eigenvalue weighted by Crippen LogP contribution is -2.40. The van der Waals surface area contributed by atoms with Crippen LogP contribution >= 0.6 is 11.3 Å². The van der Waals surface area contributed by atoms with Gasteiger partial charge in [0, 0.05) is 17.5 Å². The van der Waals surface area contributed by atoms with Gasteiger partial charge in [-0.25, -0.2) is 8.78 Å². The Labute approximate surface area is 171 Å². The van der Waals surface area contributed by atoms with E-state index in [1.54, 1.807) is 19.1 Å². The number of ether oxygens (including phenoxy) is 2. The fourth-order valence-electron chi connectivity index (χ4n) is 3.74. The first-order valence-corrected chi connectivity index (χ1v) is 9.95. The highest BCUT2D eigenvalue weighted by Gasteiger charge is 2.35. The molecule has 0 spiro atoms. The molecule has 4 nitrogen and oxygen atoms in total. The molecule has 3 aromatic rings. The first-order chi connectivity index (χ1) is 14.0. The number of methoxy groups -OCH3 is 2. The summed E-state index contributed by atoms with van der Waals surface area (Å²) in [4.78, 5) is 15.8. The normalized spacial score (nSPS) is 15.7. The lowest BCUT2D eigenvalue weighted by molar-refractivity contribution is 0.0692. The Morgan fingerprint density at radius 1 is 1.10 bits per heavy atom. The zero-order valence-electron chi connectivity index (χ0n) is 15.9. The monoisotopic (exact) mass is 415 g/mol. The number of carbonyl (C=O) groups is 1. The summed E-state index contributed by atoms with van der Waals surface area (Å²) in [5, 5.41) is 1.94. The minimum Gasteiger partial charge on any atom is -0.493 e. The van der Waals surface area contributed by atoms with Gasteiger partial charge in [0.2, 0.25) is 0 Å². The molecule has 7 heteroatoms. The van der Waals surface area contributed by atoms with Gasteiger partial charge in [-0.3, -0.25) is 4.79 Å². The van der Waals surface area contributed by atoms with E-state index in [-0.39, 0.29) is 5.56 Å². The summed E-state index contributed by atoms with van der Waals surface area (Å²) < 4.78 is 38.5. The number of hydrogen-bond acceptors (Lipinski definition) is 4. The fourth-order valence-corrected chi connectivity index (χ4v) is 4.59. The summed E-state index contributed by atoms with van der Waals surface area (Å²) in [5.41, 5.74) is 1.81. The predicted molar refractivity (Wildman–Crippen MR) is 107 cm³/mol. The summed E-state index contributed by atoms with van der Waals surface area (Å²) >= 11 is 1.52. The molecular formula is C22H19F2NO3S. The highest BCUT2D eigenvalue weighted by molar-refractivity contribution is 7.10. The molecular weight excluding hydrogens is 396 g/mol. The number of halogens is 2. The van der Waals surface area contributed by atoms with E-state index >= 15 is 0 Å². The van der Waals surface area contributed by atoms with Gasteiger partial charge in [0.05, 0.1) is 25.8 Å². The van der Waals surface area contributed by atoms with Gasteiger partial charge in [0.15, 0.2) is 11.5 Å². The first kappa shape index (κ1) is 19.4. The molecule has 29 heavy (non-hydrogen) atoms. The Morgan fingerprint density at radius 2 is 1.86 bits per heavy atom. The van der Waals surface area contributed by atoms with Crippen LogP contribution in [0.25, 0.3) is 0 Å². The van der Waals surface area contributed by atoms with Gasteiger partial charge < -0.3 is 14.4 Å². The molecule has 2 aromatic carbocycles. The van der Waals surface area contributed by atoms with E-state index in [9.17, 15) is 13.6 Å². The number of fused-ring (bicyclic) bond motifs is 1. The average Bonchev–Trinajstić information content (AvgIpc) is 3.25. The summed E-state index contributed by atoms with van der Waals surface area (Å²) in [6, 6.07) is 10.3. The Balaban J connectivity index is 1.83. The van der Waals surface area contributed by atoms with E-state index in [0.29, 0.717) is 24.5 Å². The largest absolute Gasteiger partial charge is 0.493 e. The topological polar surface area (TPSA) is 38.8 Å². The zero-order valence-corrected chi connectivity index (χ0v) is 16.8. The van der Waals surface area contributed by atoms with E-state index in [2.05, 4.69) is 0 Å². The van der Waals surface area contributed by atoms with E-state index in [1.807, 2.05) is 29.6 Å². The van der Waals surface area contributed by atoms with Crippen LogP contribution in [0, 0.1) is 11.6 Å².